The van der Waals surface area contributed by atoms with Gasteiger partial charge in [-0.1, -0.05) is 18.2 Å². The van der Waals surface area contributed by atoms with E-state index in [1.54, 1.807) is 18.2 Å². The van der Waals surface area contributed by atoms with Crippen molar-refractivity contribution in [1.29, 1.82) is 0 Å². The zero-order chi connectivity index (χ0) is 17.3. The summed E-state index contributed by atoms with van der Waals surface area (Å²) in [7, 11) is -3.78. The second-order valence-electron chi connectivity index (χ2n) is 5.76. The van der Waals surface area contributed by atoms with Crippen molar-refractivity contribution in [3.05, 3.63) is 65.5 Å². The van der Waals surface area contributed by atoms with Gasteiger partial charge in [0.25, 0.3) is 0 Å². The molecule has 0 saturated heterocycles. The van der Waals surface area contributed by atoms with Crippen LogP contribution < -0.4 is 5.73 Å². The van der Waals surface area contributed by atoms with E-state index in [0.29, 0.717) is 5.56 Å². The first-order valence-electron chi connectivity index (χ1n) is 7.55. The molecule has 0 atom stereocenters. The van der Waals surface area contributed by atoms with E-state index >= 15 is 0 Å². The van der Waals surface area contributed by atoms with Crippen molar-refractivity contribution in [3.8, 4) is 0 Å². The number of carbonyl (C=O) groups excluding carboxylic acids is 1. The molecule has 5 nitrogen and oxygen atoms in total. The third kappa shape index (κ3) is 3.32. The molecule has 2 aromatic carbocycles. The maximum Gasteiger partial charge on any atom is 0.248 e. The van der Waals surface area contributed by atoms with E-state index in [9.17, 15) is 17.6 Å². The molecule has 24 heavy (non-hydrogen) atoms. The second-order valence-corrected chi connectivity index (χ2v) is 7.65. The lowest BCUT2D eigenvalue weighted by Crippen LogP contribution is -2.33. The van der Waals surface area contributed by atoms with Crippen molar-refractivity contribution < 1.29 is 17.6 Å². The lowest BCUT2D eigenvalue weighted by atomic mass is 10.2. The van der Waals surface area contributed by atoms with E-state index in [1.807, 2.05) is 0 Å². The molecule has 7 heteroatoms. The van der Waals surface area contributed by atoms with Crippen LogP contribution in [0.5, 0.6) is 0 Å². The number of hydrogen-bond donors (Lipinski definition) is 1. The Labute approximate surface area is 139 Å². The number of primary amides is 1. The minimum absolute atomic E-state index is 0.0166. The Morgan fingerprint density at radius 3 is 2.29 bits per heavy atom. The monoisotopic (exact) mass is 348 g/mol. The first kappa shape index (κ1) is 16.6. The number of nitrogens with zero attached hydrogens (tertiary/aromatic N) is 1. The van der Waals surface area contributed by atoms with E-state index in [-0.39, 0.29) is 23.0 Å². The molecule has 0 aromatic heterocycles. The topological polar surface area (TPSA) is 80.5 Å². The van der Waals surface area contributed by atoms with Gasteiger partial charge in [0.1, 0.15) is 5.82 Å². The molecule has 2 N–H and O–H groups in total. The van der Waals surface area contributed by atoms with Gasteiger partial charge in [-0.3, -0.25) is 4.79 Å². The Morgan fingerprint density at radius 2 is 1.75 bits per heavy atom. The zero-order valence-corrected chi connectivity index (χ0v) is 13.7. The number of carbonyl (C=O) groups is 1. The average Bonchev–Trinajstić information content (AvgIpc) is 3.38. The van der Waals surface area contributed by atoms with Crippen LogP contribution in [0.1, 0.15) is 28.8 Å². The Kier molecular flexibility index (Phi) is 4.38. The number of halogens is 1. The largest absolute Gasteiger partial charge is 0.366 e. The van der Waals surface area contributed by atoms with Gasteiger partial charge >= 0.3 is 0 Å². The molecule has 0 unspecified atom stereocenters. The lowest BCUT2D eigenvalue weighted by Gasteiger charge is -2.22. The molecule has 1 aliphatic carbocycles. The van der Waals surface area contributed by atoms with Gasteiger partial charge in [0, 0.05) is 23.7 Å². The summed E-state index contributed by atoms with van der Waals surface area (Å²) in [6.07, 6.45) is 1.51. The average molecular weight is 348 g/mol. The van der Waals surface area contributed by atoms with Crippen molar-refractivity contribution >= 4 is 15.9 Å². The minimum atomic E-state index is -3.78. The fraction of sp³-hybridized carbons (Fsp3) is 0.235. The number of benzene rings is 2. The maximum absolute atomic E-state index is 13.9. The van der Waals surface area contributed by atoms with E-state index in [0.717, 1.165) is 12.8 Å². The Bertz CT molecular complexity index is 862. The van der Waals surface area contributed by atoms with Crippen molar-refractivity contribution in [3.63, 3.8) is 0 Å². The highest BCUT2D eigenvalue weighted by Crippen LogP contribution is 2.33. The third-order valence-electron chi connectivity index (χ3n) is 3.98. The van der Waals surface area contributed by atoms with Gasteiger partial charge in [-0.15, -0.1) is 0 Å². The van der Waals surface area contributed by atoms with Crippen molar-refractivity contribution in [1.82, 2.24) is 4.31 Å². The highest BCUT2D eigenvalue weighted by molar-refractivity contribution is 7.89. The normalized spacial score (nSPS) is 14.8. The van der Waals surface area contributed by atoms with Crippen LogP contribution in [0.3, 0.4) is 0 Å². The molecule has 3 rings (SSSR count). The van der Waals surface area contributed by atoms with E-state index in [4.69, 9.17) is 5.73 Å². The van der Waals surface area contributed by atoms with Gasteiger partial charge < -0.3 is 5.73 Å². The Morgan fingerprint density at radius 1 is 1.12 bits per heavy atom. The van der Waals surface area contributed by atoms with Crippen molar-refractivity contribution in [2.24, 2.45) is 5.73 Å². The summed E-state index contributed by atoms with van der Waals surface area (Å²) < 4.78 is 41.0. The highest BCUT2D eigenvalue weighted by atomic mass is 32.2. The van der Waals surface area contributed by atoms with Gasteiger partial charge in [-0.25, -0.2) is 12.8 Å². The van der Waals surface area contributed by atoms with Gasteiger partial charge in [-0.2, -0.15) is 4.31 Å². The molecule has 1 aliphatic rings. The summed E-state index contributed by atoms with van der Waals surface area (Å²) in [5.41, 5.74) is 5.74. The van der Waals surface area contributed by atoms with Crippen LogP contribution in [0.15, 0.2) is 53.4 Å². The second kappa shape index (κ2) is 6.33. The summed E-state index contributed by atoms with van der Waals surface area (Å²) in [5.74, 6) is -1.05. The molecule has 2 aromatic rings. The smallest absolute Gasteiger partial charge is 0.248 e. The van der Waals surface area contributed by atoms with Crippen molar-refractivity contribution in [2.75, 3.05) is 0 Å². The van der Waals surface area contributed by atoms with E-state index in [1.165, 1.54) is 34.6 Å². The predicted octanol–water partition coefficient (Wildman–Crippen LogP) is 2.28. The van der Waals surface area contributed by atoms with Crippen LogP contribution in [-0.2, 0) is 16.6 Å². The summed E-state index contributed by atoms with van der Waals surface area (Å²) in [5, 5.41) is 0. The quantitative estimate of drug-likeness (QED) is 0.870. The minimum Gasteiger partial charge on any atom is -0.366 e. The molecule has 0 heterocycles. The maximum atomic E-state index is 13.9. The molecule has 1 amide bonds. The summed E-state index contributed by atoms with van der Waals surface area (Å²) in [4.78, 5) is 11.2. The number of sulfonamides is 1. The first-order valence-corrected chi connectivity index (χ1v) is 8.99. The molecule has 1 saturated carbocycles. The Hall–Kier alpha value is -2.25. The Balaban J connectivity index is 1.92. The zero-order valence-electron chi connectivity index (χ0n) is 12.9. The lowest BCUT2D eigenvalue weighted by molar-refractivity contribution is 0.1000. The molecule has 0 aliphatic heterocycles. The molecular weight excluding hydrogens is 331 g/mol. The summed E-state index contributed by atoms with van der Waals surface area (Å²) in [6.45, 7) is -0.0166. The van der Waals surface area contributed by atoms with Crippen LogP contribution in [0.4, 0.5) is 4.39 Å². The van der Waals surface area contributed by atoms with Gasteiger partial charge in [-0.05, 0) is 43.2 Å². The predicted molar refractivity (Wildman–Crippen MR) is 87.1 cm³/mol. The van der Waals surface area contributed by atoms with Crippen molar-refractivity contribution in [2.45, 2.75) is 30.3 Å². The number of hydrogen-bond acceptors (Lipinski definition) is 3. The SMILES string of the molecule is NC(=O)c1ccc(S(=O)(=O)N(Cc2ccccc2F)C2CC2)cc1. The van der Waals surface area contributed by atoms with Gasteiger partial charge in [0.15, 0.2) is 0 Å². The van der Waals surface area contributed by atoms with Gasteiger partial charge in [0.05, 0.1) is 4.90 Å². The standard InChI is InChI=1S/C17H17FN2O3S/c18-16-4-2-1-3-13(16)11-20(14-7-8-14)24(22,23)15-9-5-12(6-10-15)17(19)21/h1-6,9-10,14H,7-8,11H2,(H2,19,21). The van der Waals surface area contributed by atoms with Crippen LogP contribution in [0.25, 0.3) is 0 Å². The van der Waals surface area contributed by atoms with Crippen LogP contribution in [0.2, 0.25) is 0 Å². The van der Waals surface area contributed by atoms with Crippen LogP contribution in [0, 0.1) is 5.82 Å². The molecule has 126 valence electrons. The molecule has 0 radical (unpaired) electrons. The molecule has 1 fully saturated rings. The molecular formula is C17H17FN2O3S. The fourth-order valence-electron chi connectivity index (χ4n) is 2.49. The highest BCUT2D eigenvalue weighted by Gasteiger charge is 2.38. The van der Waals surface area contributed by atoms with E-state index < -0.39 is 21.7 Å². The van der Waals surface area contributed by atoms with E-state index in [2.05, 4.69) is 0 Å². The number of amides is 1. The first-order chi connectivity index (χ1) is 11.4. The molecule has 0 spiro atoms. The summed E-state index contributed by atoms with van der Waals surface area (Å²) in [6, 6.07) is 11.5. The van der Waals surface area contributed by atoms with Gasteiger partial charge in [0.2, 0.25) is 15.9 Å². The van der Waals surface area contributed by atoms with Crippen LogP contribution >= 0.6 is 0 Å². The number of nitrogens with two attached hydrogens (primary N) is 1. The number of rotatable bonds is 6. The third-order valence-corrected chi connectivity index (χ3v) is 5.90. The molecule has 0 bridgehead atoms. The van der Waals surface area contributed by atoms with Crippen LogP contribution in [-0.4, -0.2) is 24.7 Å². The summed E-state index contributed by atoms with van der Waals surface area (Å²) >= 11 is 0. The fourth-order valence-corrected chi connectivity index (χ4v) is 4.16.